The summed E-state index contributed by atoms with van der Waals surface area (Å²) in [5, 5.41) is 3.01. The van der Waals surface area contributed by atoms with Gasteiger partial charge in [0.15, 0.2) is 11.6 Å². The Bertz CT molecular complexity index is 1010. The Morgan fingerprint density at radius 2 is 1.93 bits per heavy atom. The number of benzene rings is 1. The molecule has 1 amide bonds. The number of hydrogen-bond donors (Lipinski definition) is 1. The molecule has 6 nitrogen and oxygen atoms in total. The van der Waals surface area contributed by atoms with Gasteiger partial charge in [0.25, 0.3) is 0 Å². The summed E-state index contributed by atoms with van der Waals surface area (Å²) < 4.78 is 13.1. The molecular formula is C22H22FN5O. The highest BCUT2D eigenvalue weighted by atomic mass is 19.1. The number of amides is 1. The molecule has 0 spiro atoms. The number of halogens is 1. The summed E-state index contributed by atoms with van der Waals surface area (Å²) in [5.74, 6) is 0.669. The van der Waals surface area contributed by atoms with Gasteiger partial charge in [-0.15, -0.1) is 0 Å². The molecule has 3 aromatic rings. The van der Waals surface area contributed by atoms with E-state index in [4.69, 9.17) is 0 Å². The molecule has 0 bridgehead atoms. The van der Waals surface area contributed by atoms with Crippen LogP contribution in [0.1, 0.15) is 25.3 Å². The van der Waals surface area contributed by atoms with Crippen molar-refractivity contribution in [3.8, 4) is 11.4 Å². The summed E-state index contributed by atoms with van der Waals surface area (Å²) in [7, 11) is 0. The number of nitrogens with zero attached hydrogens (tertiary/aromatic N) is 4. The smallest absolute Gasteiger partial charge is 0.247 e. The maximum atomic E-state index is 13.1. The van der Waals surface area contributed by atoms with Gasteiger partial charge in [0, 0.05) is 23.5 Å². The molecule has 29 heavy (non-hydrogen) atoms. The Morgan fingerprint density at radius 1 is 1.14 bits per heavy atom. The number of carbonyl (C=O) groups is 1. The van der Waals surface area contributed by atoms with Crippen LogP contribution in [-0.2, 0) is 4.79 Å². The predicted molar refractivity (Wildman–Crippen MR) is 110 cm³/mol. The van der Waals surface area contributed by atoms with E-state index in [9.17, 15) is 9.18 Å². The molecule has 0 saturated carbocycles. The van der Waals surface area contributed by atoms with E-state index in [1.165, 1.54) is 0 Å². The molecule has 1 saturated heterocycles. The van der Waals surface area contributed by atoms with Crippen LogP contribution in [0.4, 0.5) is 15.9 Å². The van der Waals surface area contributed by atoms with Crippen molar-refractivity contribution in [2.75, 3.05) is 10.2 Å². The standard InChI is InChI=1S/C22H22FN5O/c1-14-6-8-17(11-18(14)21-25-12-16(23)13-26-21)27-22(29)19-9-7-15(2)28(19)20-5-3-4-10-24-20/h3-6,8,10-13,15,19H,7,9H2,1-2H3,(H,27,29)/t15-,19-/m0/s1. The van der Waals surface area contributed by atoms with Crippen molar-refractivity contribution in [3.63, 3.8) is 0 Å². The number of hydrogen-bond acceptors (Lipinski definition) is 5. The lowest BCUT2D eigenvalue weighted by molar-refractivity contribution is -0.117. The van der Waals surface area contributed by atoms with Crippen molar-refractivity contribution in [3.05, 3.63) is 66.4 Å². The summed E-state index contributed by atoms with van der Waals surface area (Å²) in [5.41, 5.74) is 2.35. The number of pyridine rings is 1. The van der Waals surface area contributed by atoms with Crippen molar-refractivity contribution in [1.29, 1.82) is 0 Å². The van der Waals surface area contributed by atoms with Crippen LogP contribution >= 0.6 is 0 Å². The van der Waals surface area contributed by atoms with Gasteiger partial charge in [-0.25, -0.2) is 19.3 Å². The molecule has 1 aliphatic heterocycles. The normalized spacial score (nSPS) is 18.7. The molecule has 148 valence electrons. The molecule has 2 atom stereocenters. The zero-order chi connectivity index (χ0) is 20.4. The third-order valence-corrected chi connectivity index (χ3v) is 5.25. The lowest BCUT2D eigenvalue weighted by Crippen LogP contribution is -2.43. The minimum absolute atomic E-state index is 0.0742. The number of anilines is 2. The Labute approximate surface area is 168 Å². The molecule has 7 heteroatoms. The minimum atomic E-state index is -0.485. The van der Waals surface area contributed by atoms with Crippen LogP contribution in [0, 0.1) is 12.7 Å². The second-order valence-electron chi connectivity index (χ2n) is 7.28. The second kappa shape index (κ2) is 7.95. The van der Waals surface area contributed by atoms with E-state index >= 15 is 0 Å². The number of aromatic nitrogens is 3. The molecule has 1 aliphatic rings. The first kappa shape index (κ1) is 19.0. The SMILES string of the molecule is Cc1ccc(NC(=O)[C@@H]2CC[C@H](C)N2c2ccccn2)cc1-c1ncc(F)cn1. The Balaban J connectivity index is 1.57. The fourth-order valence-electron chi connectivity index (χ4n) is 3.75. The lowest BCUT2D eigenvalue weighted by Gasteiger charge is -2.28. The summed E-state index contributed by atoms with van der Waals surface area (Å²) in [6.45, 7) is 4.03. The average Bonchev–Trinajstić information content (AvgIpc) is 3.12. The summed E-state index contributed by atoms with van der Waals surface area (Å²) in [4.78, 5) is 27.7. The molecule has 3 heterocycles. The monoisotopic (exact) mass is 391 g/mol. The number of nitrogens with one attached hydrogen (secondary N) is 1. The quantitative estimate of drug-likeness (QED) is 0.728. The van der Waals surface area contributed by atoms with Crippen LogP contribution in [0.5, 0.6) is 0 Å². The van der Waals surface area contributed by atoms with E-state index in [1.807, 2.05) is 43.3 Å². The van der Waals surface area contributed by atoms with E-state index < -0.39 is 5.82 Å². The van der Waals surface area contributed by atoms with E-state index in [1.54, 1.807) is 6.20 Å². The van der Waals surface area contributed by atoms with Crippen molar-refractivity contribution in [1.82, 2.24) is 15.0 Å². The van der Waals surface area contributed by atoms with Gasteiger partial charge in [0.1, 0.15) is 11.9 Å². The van der Waals surface area contributed by atoms with Gasteiger partial charge in [-0.2, -0.15) is 0 Å². The van der Waals surface area contributed by atoms with Gasteiger partial charge in [-0.05, 0) is 56.5 Å². The Morgan fingerprint density at radius 3 is 2.66 bits per heavy atom. The summed E-state index contributed by atoms with van der Waals surface area (Å²) in [6, 6.07) is 11.2. The molecule has 0 radical (unpaired) electrons. The zero-order valence-electron chi connectivity index (χ0n) is 16.3. The molecule has 0 aliphatic carbocycles. The van der Waals surface area contributed by atoms with Crippen molar-refractivity contribution >= 4 is 17.4 Å². The van der Waals surface area contributed by atoms with Crippen molar-refractivity contribution in [2.45, 2.75) is 38.8 Å². The number of rotatable bonds is 4. The maximum Gasteiger partial charge on any atom is 0.247 e. The molecule has 4 rings (SSSR count). The van der Waals surface area contributed by atoms with Gasteiger partial charge in [0.2, 0.25) is 5.91 Å². The fourth-order valence-corrected chi connectivity index (χ4v) is 3.75. The first-order chi connectivity index (χ1) is 14.0. The summed E-state index contributed by atoms with van der Waals surface area (Å²) in [6.07, 6.45) is 5.71. The average molecular weight is 391 g/mol. The van der Waals surface area contributed by atoms with Crippen LogP contribution < -0.4 is 10.2 Å². The van der Waals surface area contributed by atoms with Crippen LogP contribution in [0.25, 0.3) is 11.4 Å². The van der Waals surface area contributed by atoms with Gasteiger partial charge in [0.05, 0.1) is 12.4 Å². The van der Waals surface area contributed by atoms with Crippen LogP contribution in [0.3, 0.4) is 0 Å². The molecule has 1 fully saturated rings. The van der Waals surface area contributed by atoms with E-state index in [0.717, 1.165) is 42.2 Å². The highest BCUT2D eigenvalue weighted by molar-refractivity contribution is 5.97. The van der Waals surface area contributed by atoms with Crippen LogP contribution in [0.2, 0.25) is 0 Å². The van der Waals surface area contributed by atoms with Gasteiger partial charge in [-0.1, -0.05) is 12.1 Å². The molecule has 1 N–H and O–H groups in total. The number of aryl methyl sites for hydroxylation is 1. The Kier molecular flexibility index (Phi) is 5.20. The second-order valence-corrected chi connectivity index (χ2v) is 7.28. The van der Waals surface area contributed by atoms with Crippen molar-refractivity contribution in [2.24, 2.45) is 0 Å². The molecule has 0 unspecified atom stereocenters. The minimum Gasteiger partial charge on any atom is -0.342 e. The number of carbonyl (C=O) groups excluding carboxylic acids is 1. The lowest BCUT2D eigenvalue weighted by atomic mass is 10.1. The van der Waals surface area contributed by atoms with E-state index in [-0.39, 0.29) is 18.0 Å². The first-order valence-electron chi connectivity index (χ1n) is 9.62. The van der Waals surface area contributed by atoms with Gasteiger partial charge in [-0.3, -0.25) is 4.79 Å². The Hall–Kier alpha value is -3.35. The van der Waals surface area contributed by atoms with Crippen molar-refractivity contribution < 1.29 is 9.18 Å². The topological polar surface area (TPSA) is 71.0 Å². The highest BCUT2D eigenvalue weighted by Gasteiger charge is 2.36. The highest BCUT2D eigenvalue weighted by Crippen LogP contribution is 2.30. The first-order valence-corrected chi connectivity index (χ1v) is 9.62. The maximum absolute atomic E-state index is 13.1. The zero-order valence-corrected chi connectivity index (χ0v) is 16.3. The van der Waals surface area contributed by atoms with E-state index in [2.05, 4.69) is 32.1 Å². The largest absolute Gasteiger partial charge is 0.342 e. The van der Waals surface area contributed by atoms with Crippen LogP contribution in [-0.4, -0.2) is 32.9 Å². The van der Waals surface area contributed by atoms with Crippen LogP contribution in [0.15, 0.2) is 55.0 Å². The third-order valence-electron chi connectivity index (χ3n) is 5.25. The molecule has 1 aromatic carbocycles. The fraction of sp³-hybridized carbons (Fsp3) is 0.273. The predicted octanol–water partition coefficient (Wildman–Crippen LogP) is 3.98. The van der Waals surface area contributed by atoms with Gasteiger partial charge < -0.3 is 10.2 Å². The third kappa shape index (κ3) is 3.94. The van der Waals surface area contributed by atoms with Gasteiger partial charge >= 0.3 is 0 Å². The summed E-state index contributed by atoms with van der Waals surface area (Å²) >= 11 is 0. The van der Waals surface area contributed by atoms with E-state index in [0.29, 0.717) is 11.5 Å². The molecule has 2 aromatic heterocycles. The molecular weight excluding hydrogens is 369 g/mol.